The van der Waals surface area contributed by atoms with E-state index in [2.05, 4.69) is 10.1 Å². The van der Waals surface area contributed by atoms with Crippen LogP contribution in [-0.4, -0.2) is 35.1 Å². The third kappa shape index (κ3) is 5.33. The second-order valence-corrected chi connectivity index (χ2v) is 6.91. The van der Waals surface area contributed by atoms with Gasteiger partial charge in [0.25, 0.3) is 0 Å². The fourth-order valence-corrected chi connectivity index (χ4v) is 2.87. The Hall–Kier alpha value is -2.86. The van der Waals surface area contributed by atoms with Crippen molar-refractivity contribution >= 4 is 17.5 Å². The quantitative estimate of drug-likeness (QED) is 0.562. The van der Waals surface area contributed by atoms with Gasteiger partial charge in [-0.15, -0.1) is 0 Å². The average Bonchev–Trinajstić information content (AvgIpc) is 3.18. The van der Waals surface area contributed by atoms with Crippen molar-refractivity contribution < 1.29 is 14.1 Å². The van der Waals surface area contributed by atoms with Gasteiger partial charge < -0.3 is 14.2 Å². The highest BCUT2D eigenvalue weighted by Gasteiger charge is 2.12. The molecule has 0 bridgehead atoms. The van der Waals surface area contributed by atoms with E-state index in [9.17, 15) is 4.79 Å². The summed E-state index contributed by atoms with van der Waals surface area (Å²) >= 11 is 5.89. The first-order valence-corrected chi connectivity index (χ1v) is 9.38. The Bertz CT molecular complexity index is 907. The van der Waals surface area contributed by atoms with E-state index in [1.807, 2.05) is 36.4 Å². The summed E-state index contributed by atoms with van der Waals surface area (Å²) in [7, 11) is 3.43. The summed E-state index contributed by atoms with van der Waals surface area (Å²) in [5.74, 6) is 1.92. The lowest BCUT2D eigenvalue weighted by molar-refractivity contribution is -0.130. The van der Waals surface area contributed by atoms with Crippen molar-refractivity contribution in [2.24, 2.45) is 0 Å². The number of rotatable bonds is 8. The predicted molar refractivity (Wildman–Crippen MR) is 107 cm³/mol. The highest BCUT2D eigenvalue weighted by atomic mass is 35.5. The van der Waals surface area contributed by atoms with E-state index in [0.717, 1.165) is 16.9 Å². The zero-order valence-corrected chi connectivity index (χ0v) is 16.6. The third-order valence-electron chi connectivity index (χ3n) is 4.36. The Balaban J connectivity index is 1.46. The lowest BCUT2D eigenvalue weighted by Crippen LogP contribution is -2.25. The van der Waals surface area contributed by atoms with Crippen molar-refractivity contribution in [3.63, 3.8) is 0 Å². The lowest BCUT2D eigenvalue weighted by atomic mass is 10.2. The standard InChI is InChI=1S/C21H22ClN3O3/c1-25(14-15-6-12-18(27-2)13-7-15)20(26)5-3-4-19-23-21(24-28-19)16-8-10-17(22)11-9-16/h6-13H,3-5,14H2,1-2H3. The van der Waals surface area contributed by atoms with Crippen LogP contribution in [0.15, 0.2) is 53.1 Å². The predicted octanol–water partition coefficient (Wildman–Crippen LogP) is 4.38. The van der Waals surface area contributed by atoms with E-state index in [-0.39, 0.29) is 5.91 Å². The number of carbonyl (C=O) groups excluding carboxylic acids is 1. The maximum absolute atomic E-state index is 12.3. The minimum atomic E-state index is 0.0771. The number of benzene rings is 2. The molecule has 0 aliphatic rings. The van der Waals surface area contributed by atoms with Crippen LogP contribution in [-0.2, 0) is 17.8 Å². The highest BCUT2D eigenvalue weighted by Crippen LogP contribution is 2.19. The molecule has 0 fully saturated rings. The van der Waals surface area contributed by atoms with Crippen molar-refractivity contribution in [1.82, 2.24) is 15.0 Å². The Morgan fingerprint density at radius 3 is 2.54 bits per heavy atom. The van der Waals surface area contributed by atoms with Crippen molar-refractivity contribution in [2.45, 2.75) is 25.8 Å². The molecule has 0 N–H and O–H groups in total. The highest BCUT2D eigenvalue weighted by molar-refractivity contribution is 6.30. The van der Waals surface area contributed by atoms with Crippen LogP contribution in [0.3, 0.4) is 0 Å². The van der Waals surface area contributed by atoms with Gasteiger partial charge in [-0.05, 0) is 48.4 Å². The first-order chi connectivity index (χ1) is 13.5. The van der Waals surface area contributed by atoms with Crippen LogP contribution >= 0.6 is 11.6 Å². The molecule has 0 radical (unpaired) electrons. The maximum atomic E-state index is 12.3. The van der Waals surface area contributed by atoms with Crippen LogP contribution in [0.2, 0.25) is 5.02 Å². The number of halogens is 1. The van der Waals surface area contributed by atoms with Gasteiger partial charge in [-0.25, -0.2) is 0 Å². The molecule has 3 aromatic rings. The van der Waals surface area contributed by atoms with Crippen molar-refractivity contribution in [3.8, 4) is 17.1 Å². The molecular weight excluding hydrogens is 378 g/mol. The van der Waals surface area contributed by atoms with Gasteiger partial charge >= 0.3 is 0 Å². The van der Waals surface area contributed by atoms with E-state index < -0.39 is 0 Å². The summed E-state index contributed by atoms with van der Waals surface area (Å²) in [5, 5.41) is 4.64. The zero-order chi connectivity index (χ0) is 19.9. The SMILES string of the molecule is COc1ccc(CN(C)C(=O)CCCc2nc(-c3ccc(Cl)cc3)no2)cc1. The number of amides is 1. The van der Waals surface area contributed by atoms with Crippen LogP contribution in [0, 0.1) is 0 Å². The molecule has 0 atom stereocenters. The molecule has 0 spiro atoms. The smallest absolute Gasteiger partial charge is 0.226 e. The van der Waals surface area contributed by atoms with E-state index in [4.69, 9.17) is 20.9 Å². The van der Waals surface area contributed by atoms with Gasteiger partial charge in [0, 0.05) is 37.0 Å². The number of hydrogen-bond acceptors (Lipinski definition) is 5. The minimum Gasteiger partial charge on any atom is -0.497 e. The topological polar surface area (TPSA) is 68.5 Å². The summed E-state index contributed by atoms with van der Waals surface area (Å²) in [6.07, 6.45) is 1.63. The number of hydrogen-bond donors (Lipinski definition) is 0. The molecule has 6 nitrogen and oxygen atoms in total. The fourth-order valence-electron chi connectivity index (χ4n) is 2.75. The van der Waals surface area contributed by atoms with Crippen molar-refractivity contribution in [1.29, 1.82) is 0 Å². The molecule has 1 amide bonds. The Morgan fingerprint density at radius 1 is 1.14 bits per heavy atom. The summed E-state index contributed by atoms with van der Waals surface area (Å²) in [5.41, 5.74) is 1.90. The van der Waals surface area contributed by atoms with Crippen LogP contribution in [0.25, 0.3) is 11.4 Å². The molecule has 7 heteroatoms. The van der Waals surface area contributed by atoms with Gasteiger partial charge in [-0.3, -0.25) is 4.79 Å². The molecular formula is C21H22ClN3O3. The summed E-state index contributed by atoms with van der Waals surface area (Å²) in [6.45, 7) is 0.560. The number of carbonyl (C=O) groups is 1. The number of methoxy groups -OCH3 is 1. The van der Waals surface area contributed by atoms with Gasteiger partial charge in [0.05, 0.1) is 7.11 Å². The molecule has 0 saturated heterocycles. The van der Waals surface area contributed by atoms with Gasteiger partial charge in [0.2, 0.25) is 17.6 Å². The van der Waals surface area contributed by atoms with E-state index >= 15 is 0 Å². The molecule has 3 rings (SSSR count). The van der Waals surface area contributed by atoms with Gasteiger partial charge in [-0.2, -0.15) is 4.98 Å². The third-order valence-corrected chi connectivity index (χ3v) is 4.61. The molecule has 28 heavy (non-hydrogen) atoms. The molecule has 0 unspecified atom stereocenters. The largest absolute Gasteiger partial charge is 0.497 e. The van der Waals surface area contributed by atoms with Crippen LogP contribution in [0.4, 0.5) is 0 Å². The lowest BCUT2D eigenvalue weighted by Gasteiger charge is -2.17. The van der Waals surface area contributed by atoms with Gasteiger partial charge in [-0.1, -0.05) is 28.9 Å². The number of aromatic nitrogens is 2. The number of nitrogens with zero attached hydrogens (tertiary/aromatic N) is 3. The van der Waals surface area contributed by atoms with Crippen molar-refractivity contribution in [2.75, 3.05) is 14.2 Å². The van der Waals surface area contributed by atoms with E-state index in [1.54, 1.807) is 31.2 Å². The van der Waals surface area contributed by atoms with Crippen molar-refractivity contribution in [3.05, 3.63) is 65.0 Å². The van der Waals surface area contributed by atoms with Crippen LogP contribution in [0.1, 0.15) is 24.3 Å². The summed E-state index contributed by atoms with van der Waals surface area (Å²) < 4.78 is 10.4. The molecule has 1 aromatic heterocycles. The zero-order valence-electron chi connectivity index (χ0n) is 15.9. The van der Waals surface area contributed by atoms with Gasteiger partial charge in [0.15, 0.2) is 0 Å². The molecule has 0 saturated carbocycles. The van der Waals surface area contributed by atoms with Crippen LogP contribution < -0.4 is 4.74 Å². The Kier molecular flexibility index (Phi) is 6.66. The normalized spacial score (nSPS) is 10.7. The molecule has 2 aromatic carbocycles. The number of ether oxygens (including phenoxy) is 1. The summed E-state index contributed by atoms with van der Waals surface area (Å²) in [4.78, 5) is 18.4. The fraction of sp³-hybridized carbons (Fsp3) is 0.286. The monoisotopic (exact) mass is 399 g/mol. The minimum absolute atomic E-state index is 0.0771. The molecule has 146 valence electrons. The Morgan fingerprint density at radius 2 is 1.86 bits per heavy atom. The number of aryl methyl sites for hydroxylation is 1. The molecule has 1 heterocycles. The summed E-state index contributed by atoms with van der Waals surface area (Å²) in [6, 6.07) is 14.9. The first-order valence-electron chi connectivity index (χ1n) is 9.00. The second-order valence-electron chi connectivity index (χ2n) is 6.47. The second kappa shape index (κ2) is 9.37. The van der Waals surface area contributed by atoms with Crippen LogP contribution in [0.5, 0.6) is 5.75 Å². The average molecular weight is 400 g/mol. The maximum Gasteiger partial charge on any atom is 0.226 e. The van der Waals surface area contributed by atoms with Gasteiger partial charge in [0.1, 0.15) is 5.75 Å². The Labute approximate surface area is 169 Å². The van der Waals surface area contributed by atoms with E-state index in [1.165, 1.54) is 0 Å². The molecule has 0 aliphatic heterocycles. The first kappa shape index (κ1) is 19.9. The van der Waals surface area contributed by atoms with E-state index in [0.29, 0.717) is 42.5 Å². The molecule has 0 aliphatic carbocycles.